The molecule has 2 aromatic rings. The Hall–Kier alpha value is -2.20. The van der Waals surface area contributed by atoms with Crippen LogP contribution in [0, 0.1) is 6.92 Å². The van der Waals surface area contributed by atoms with Crippen LogP contribution in [0.3, 0.4) is 0 Å². The molecule has 0 spiro atoms. The van der Waals surface area contributed by atoms with E-state index >= 15 is 0 Å². The highest BCUT2D eigenvalue weighted by atomic mass is 16.5. The first-order valence-corrected chi connectivity index (χ1v) is 7.87. The Morgan fingerprint density at radius 2 is 2.00 bits per heavy atom. The lowest BCUT2D eigenvalue weighted by Gasteiger charge is -2.45. The lowest BCUT2D eigenvalue weighted by atomic mass is 9.97. The number of aryl methyl sites for hydroxylation is 1. The second-order valence-corrected chi connectivity index (χ2v) is 6.69. The van der Waals surface area contributed by atoms with Crippen molar-refractivity contribution in [2.75, 3.05) is 13.2 Å². The molecule has 120 valence electrons. The Bertz CT molecular complexity index is 698. The number of carbonyl (C=O) groups is 1. The van der Waals surface area contributed by atoms with Crippen molar-refractivity contribution in [3.8, 4) is 0 Å². The van der Waals surface area contributed by atoms with Crippen molar-refractivity contribution in [1.82, 2.24) is 9.88 Å². The fourth-order valence-corrected chi connectivity index (χ4v) is 2.90. The van der Waals surface area contributed by atoms with Crippen molar-refractivity contribution in [3.63, 3.8) is 0 Å². The van der Waals surface area contributed by atoms with E-state index in [1.54, 1.807) is 12.4 Å². The lowest BCUT2D eigenvalue weighted by molar-refractivity contribution is -0.0846. The highest BCUT2D eigenvalue weighted by Gasteiger charge is 2.38. The first-order valence-electron chi connectivity index (χ1n) is 7.87. The van der Waals surface area contributed by atoms with Crippen LogP contribution in [0.1, 0.15) is 41.4 Å². The van der Waals surface area contributed by atoms with Crippen LogP contribution in [-0.4, -0.2) is 34.5 Å². The summed E-state index contributed by atoms with van der Waals surface area (Å²) in [6, 6.07) is 11.9. The van der Waals surface area contributed by atoms with Crippen molar-refractivity contribution in [3.05, 3.63) is 65.5 Å². The minimum atomic E-state index is -0.341. The number of benzene rings is 1. The Morgan fingerprint density at radius 1 is 1.26 bits per heavy atom. The number of rotatable bonds is 2. The smallest absolute Gasteiger partial charge is 0.256 e. The number of ether oxygens (including phenoxy) is 1. The predicted octanol–water partition coefficient (Wildman–Crippen LogP) is 3.38. The molecular formula is C19H22N2O2. The SMILES string of the molecule is Cc1cncc(C(=O)N2C[C@@H](c3ccccc3)OCC2(C)C)c1. The van der Waals surface area contributed by atoms with E-state index in [0.29, 0.717) is 18.7 Å². The van der Waals surface area contributed by atoms with Gasteiger partial charge in [0, 0.05) is 12.4 Å². The van der Waals surface area contributed by atoms with Crippen molar-refractivity contribution in [1.29, 1.82) is 0 Å². The minimum Gasteiger partial charge on any atom is -0.369 e. The maximum absolute atomic E-state index is 13.0. The number of amides is 1. The van der Waals surface area contributed by atoms with Gasteiger partial charge in [-0.1, -0.05) is 30.3 Å². The highest BCUT2D eigenvalue weighted by Crippen LogP contribution is 2.31. The molecule has 3 rings (SSSR count). The standard InChI is InChI=1S/C19H22N2O2/c1-14-9-16(11-20-10-14)18(22)21-12-17(23-13-19(21,2)3)15-7-5-4-6-8-15/h4-11,17H,12-13H2,1-3H3/t17-/m0/s1. The van der Waals surface area contributed by atoms with Crippen LogP contribution in [0.25, 0.3) is 0 Å². The Kier molecular flexibility index (Phi) is 4.18. The zero-order valence-corrected chi connectivity index (χ0v) is 13.8. The number of morpholine rings is 1. The van der Waals surface area contributed by atoms with E-state index in [0.717, 1.165) is 11.1 Å². The molecule has 1 fully saturated rings. The quantitative estimate of drug-likeness (QED) is 0.854. The molecule has 1 aromatic carbocycles. The molecule has 4 nitrogen and oxygen atoms in total. The summed E-state index contributed by atoms with van der Waals surface area (Å²) >= 11 is 0. The molecular weight excluding hydrogens is 288 g/mol. The fourth-order valence-electron chi connectivity index (χ4n) is 2.90. The molecule has 1 atom stereocenters. The van der Waals surface area contributed by atoms with Crippen LogP contribution in [-0.2, 0) is 4.74 Å². The zero-order chi connectivity index (χ0) is 16.4. The summed E-state index contributed by atoms with van der Waals surface area (Å²) in [7, 11) is 0. The summed E-state index contributed by atoms with van der Waals surface area (Å²) in [5.74, 6) is 0.00966. The fraction of sp³-hybridized carbons (Fsp3) is 0.368. The van der Waals surface area contributed by atoms with Crippen molar-refractivity contribution in [2.24, 2.45) is 0 Å². The van der Waals surface area contributed by atoms with Crippen molar-refractivity contribution in [2.45, 2.75) is 32.4 Å². The van der Waals surface area contributed by atoms with E-state index < -0.39 is 0 Å². The summed E-state index contributed by atoms with van der Waals surface area (Å²) in [4.78, 5) is 19.0. The topological polar surface area (TPSA) is 42.4 Å². The van der Waals surface area contributed by atoms with Crippen LogP contribution < -0.4 is 0 Å². The van der Waals surface area contributed by atoms with Gasteiger partial charge in [-0.15, -0.1) is 0 Å². The van der Waals surface area contributed by atoms with Crippen LogP contribution in [0.5, 0.6) is 0 Å². The third-order valence-corrected chi connectivity index (χ3v) is 4.26. The normalized spacial score (nSPS) is 20.3. The second-order valence-electron chi connectivity index (χ2n) is 6.69. The Labute approximate surface area is 137 Å². The van der Waals surface area contributed by atoms with Crippen LogP contribution in [0.15, 0.2) is 48.8 Å². The summed E-state index contributed by atoms with van der Waals surface area (Å²) < 4.78 is 6.01. The van der Waals surface area contributed by atoms with Gasteiger partial charge in [0.1, 0.15) is 6.10 Å². The van der Waals surface area contributed by atoms with Gasteiger partial charge in [-0.05, 0) is 38.0 Å². The van der Waals surface area contributed by atoms with Crippen molar-refractivity contribution >= 4 is 5.91 Å². The van der Waals surface area contributed by atoms with Crippen molar-refractivity contribution < 1.29 is 9.53 Å². The maximum atomic E-state index is 13.0. The van der Waals surface area contributed by atoms with E-state index in [1.807, 2.05) is 62.1 Å². The molecule has 2 heterocycles. The molecule has 4 heteroatoms. The van der Waals surface area contributed by atoms with E-state index in [2.05, 4.69) is 4.98 Å². The predicted molar refractivity (Wildman–Crippen MR) is 89.2 cm³/mol. The molecule has 1 aromatic heterocycles. The second kappa shape index (κ2) is 6.13. The van der Waals surface area contributed by atoms with E-state index in [1.165, 1.54) is 0 Å². The number of hydrogen-bond donors (Lipinski definition) is 0. The molecule has 0 radical (unpaired) electrons. The maximum Gasteiger partial charge on any atom is 0.256 e. The number of carbonyl (C=O) groups excluding carboxylic acids is 1. The Balaban J connectivity index is 1.87. The van der Waals surface area contributed by atoms with Crippen LogP contribution in [0.2, 0.25) is 0 Å². The molecule has 1 saturated heterocycles. The summed E-state index contributed by atoms with van der Waals surface area (Å²) in [6.07, 6.45) is 3.30. The van der Waals surface area contributed by atoms with Gasteiger partial charge < -0.3 is 9.64 Å². The first-order chi connectivity index (χ1) is 11.0. The number of pyridine rings is 1. The third kappa shape index (κ3) is 3.27. The largest absolute Gasteiger partial charge is 0.369 e. The van der Waals surface area contributed by atoms with Gasteiger partial charge >= 0.3 is 0 Å². The molecule has 0 bridgehead atoms. The molecule has 1 aliphatic rings. The number of nitrogens with zero attached hydrogens (tertiary/aromatic N) is 2. The summed E-state index contributed by atoms with van der Waals surface area (Å²) in [6.45, 7) is 7.08. The summed E-state index contributed by atoms with van der Waals surface area (Å²) in [5, 5.41) is 0. The molecule has 0 N–H and O–H groups in total. The first kappa shape index (κ1) is 15.7. The van der Waals surface area contributed by atoms with Gasteiger partial charge in [0.2, 0.25) is 0 Å². The number of hydrogen-bond acceptors (Lipinski definition) is 3. The van der Waals surface area contributed by atoms with Gasteiger partial charge in [-0.2, -0.15) is 0 Å². The van der Waals surface area contributed by atoms with Crippen LogP contribution in [0.4, 0.5) is 0 Å². The highest BCUT2D eigenvalue weighted by molar-refractivity contribution is 5.94. The third-order valence-electron chi connectivity index (χ3n) is 4.26. The monoisotopic (exact) mass is 310 g/mol. The average Bonchev–Trinajstić information content (AvgIpc) is 2.55. The van der Waals surface area contributed by atoms with Gasteiger partial charge in [0.15, 0.2) is 0 Å². The number of aromatic nitrogens is 1. The molecule has 0 saturated carbocycles. The van der Waals surface area contributed by atoms with Gasteiger partial charge in [0.25, 0.3) is 5.91 Å². The van der Waals surface area contributed by atoms with E-state index in [4.69, 9.17) is 4.74 Å². The minimum absolute atomic E-state index is 0.00966. The molecule has 0 unspecified atom stereocenters. The summed E-state index contributed by atoms with van der Waals surface area (Å²) in [5.41, 5.74) is 2.38. The van der Waals surface area contributed by atoms with Gasteiger partial charge in [-0.3, -0.25) is 9.78 Å². The average molecular weight is 310 g/mol. The lowest BCUT2D eigenvalue weighted by Crippen LogP contribution is -2.56. The molecule has 23 heavy (non-hydrogen) atoms. The Morgan fingerprint density at radius 3 is 2.70 bits per heavy atom. The van der Waals surface area contributed by atoms with E-state index in [-0.39, 0.29) is 17.6 Å². The van der Waals surface area contributed by atoms with Gasteiger partial charge in [-0.25, -0.2) is 0 Å². The van der Waals surface area contributed by atoms with Gasteiger partial charge in [0.05, 0.1) is 24.3 Å². The molecule has 1 amide bonds. The molecule has 0 aliphatic carbocycles. The van der Waals surface area contributed by atoms with E-state index in [9.17, 15) is 4.79 Å². The zero-order valence-electron chi connectivity index (χ0n) is 13.8. The van der Waals surface area contributed by atoms with Crippen LogP contribution >= 0.6 is 0 Å². The molecule has 1 aliphatic heterocycles.